The monoisotopic (exact) mass is 628 g/mol. The van der Waals surface area contributed by atoms with Crippen LogP contribution < -0.4 is 18.1 Å². The fourth-order valence-corrected chi connectivity index (χ4v) is 8.80. The Morgan fingerprint density at radius 2 is 0.897 bits per heavy atom. The number of hydrogen-bond acceptors (Lipinski definition) is 4. The van der Waals surface area contributed by atoms with Gasteiger partial charge >= 0.3 is 252 Å². The molecule has 0 saturated heterocycles. The van der Waals surface area contributed by atoms with Gasteiger partial charge in [0, 0.05) is 0 Å². The van der Waals surface area contributed by atoms with Crippen molar-refractivity contribution in [3.05, 3.63) is 77.7 Å². The second-order valence-corrected chi connectivity index (χ2v) is 17.3. The van der Waals surface area contributed by atoms with Gasteiger partial charge in [0.2, 0.25) is 0 Å². The van der Waals surface area contributed by atoms with Crippen LogP contribution in [0.3, 0.4) is 0 Å². The van der Waals surface area contributed by atoms with Gasteiger partial charge in [-0.1, -0.05) is 0 Å². The summed E-state index contributed by atoms with van der Waals surface area (Å²) < 4.78 is 27.2. The van der Waals surface area contributed by atoms with E-state index in [9.17, 15) is 0 Å². The average Bonchev–Trinajstić information content (AvgIpc) is 3.12. The zero-order valence-corrected chi connectivity index (χ0v) is 27.5. The molecule has 1 spiro atoms. The third-order valence-corrected chi connectivity index (χ3v) is 11.1. The van der Waals surface area contributed by atoms with Gasteiger partial charge in [-0.3, -0.25) is 0 Å². The Labute approximate surface area is 251 Å². The van der Waals surface area contributed by atoms with E-state index in [2.05, 4.69) is 79.7 Å². The molecule has 2 aliphatic heterocycles. The Morgan fingerprint density at radius 1 is 0.564 bits per heavy atom. The molecule has 0 saturated carbocycles. The Hall–Kier alpha value is -1.55. The number of benzene rings is 3. The summed E-state index contributed by atoms with van der Waals surface area (Å²) in [6.45, 7) is 18.8. The Kier molecular flexibility index (Phi) is 6.66. The van der Waals surface area contributed by atoms with Crippen molar-refractivity contribution in [1.29, 1.82) is 0 Å². The van der Waals surface area contributed by atoms with Crippen LogP contribution in [-0.4, -0.2) is 6.66 Å². The fraction of sp³-hybridized carbons (Fsp3) is 0.400. The molecule has 0 amide bonds. The van der Waals surface area contributed by atoms with Crippen molar-refractivity contribution in [2.24, 2.45) is 0 Å². The van der Waals surface area contributed by atoms with Crippen molar-refractivity contribution in [1.82, 2.24) is 0 Å². The first-order valence-corrected chi connectivity index (χ1v) is 16.6. The summed E-state index contributed by atoms with van der Waals surface area (Å²) >= 11 is 26.1. The molecule has 4 nitrogen and oxygen atoms in total. The van der Waals surface area contributed by atoms with Gasteiger partial charge in [-0.15, -0.1) is 0 Å². The normalized spacial score (nSPS) is 18.1. The number of rotatable bonds is 0. The molecule has 210 valence electrons. The van der Waals surface area contributed by atoms with Crippen molar-refractivity contribution in [3.8, 4) is 23.0 Å². The second kappa shape index (κ2) is 8.97. The molecule has 0 bridgehead atoms. The molecule has 9 heteroatoms. The molecular weight excluding hydrogens is 597 g/mol. The summed E-state index contributed by atoms with van der Waals surface area (Å²) in [5.74, 6) is 1.62. The number of hydrogen-bond donors (Lipinski definition) is 0. The third kappa shape index (κ3) is 4.85. The molecule has 0 radical (unpaired) electrons. The molecular formula is C30H33Cl4O4P. The summed E-state index contributed by atoms with van der Waals surface area (Å²) in [4.78, 5) is 0. The van der Waals surface area contributed by atoms with Crippen LogP contribution in [0, 0.1) is 13.8 Å². The molecule has 5 rings (SSSR count). The van der Waals surface area contributed by atoms with Crippen molar-refractivity contribution in [2.45, 2.75) is 72.6 Å². The van der Waals surface area contributed by atoms with E-state index in [0.29, 0.717) is 17.9 Å². The number of halogens is 4. The van der Waals surface area contributed by atoms with E-state index >= 15 is 0 Å². The van der Waals surface area contributed by atoms with E-state index in [1.54, 1.807) is 6.66 Å². The second-order valence-electron chi connectivity index (χ2n) is 12.7. The average molecular weight is 630 g/mol. The molecule has 39 heavy (non-hydrogen) atoms. The van der Waals surface area contributed by atoms with Crippen molar-refractivity contribution in [3.63, 3.8) is 0 Å². The van der Waals surface area contributed by atoms with Crippen LogP contribution in [0.5, 0.6) is 23.0 Å². The first-order valence-electron chi connectivity index (χ1n) is 12.8. The quantitative estimate of drug-likeness (QED) is 0.141. The Balaban J connectivity index is 1.87. The summed E-state index contributed by atoms with van der Waals surface area (Å²) in [6.07, 6.45) is 0.610. The maximum absolute atomic E-state index is 6.97. The molecule has 0 aromatic heterocycles. The minimum atomic E-state index is -4.58. The molecule has 0 unspecified atom stereocenters. The van der Waals surface area contributed by atoms with Crippen LogP contribution in [0.15, 0.2) is 24.3 Å². The summed E-state index contributed by atoms with van der Waals surface area (Å²) in [6, 6.07) is 8.58. The Morgan fingerprint density at radius 3 is 1.23 bits per heavy atom. The van der Waals surface area contributed by atoms with Crippen molar-refractivity contribution >= 4 is 53.9 Å². The van der Waals surface area contributed by atoms with Gasteiger partial charge in [-0.25, -0.2) is 0 Å². The van der Waals surface area contributed by atoms with Gasteiger partial charge in [0.15, 0.2) is 0 Å². The summed E-state index contributed by atoms with van der Waals surface area (Å²) in [7, 11) is -4.58. The van der Waals surface area contributed by atoms with E-state index < -0.39 is 7.51 Å². The molecule has 0 aliphatic carbocycles. The first-order chi connectivity index (χ1) is 17.8. The molecule has 2 aliphatic rings. The van der Waals surface area contributed by atoms with Crippen LogP contribution in [0.1, 0.15) is 74.9 Å². The zero-order chi connectivity index (χ0) is 28.9. The van der Waals surface area contributed by atoms with Crippen molar-refractivity contribution in [2.75, 3.05) is 6.66 Å². The van der Waals surface area contributed by atoms with Crippen LogP contribution in [-0.2, 0) is 17.3 Å². The maximum atomic E-state index is 6.97. The fourth-order valence-electron chi connectivity index (χ4n) is 5.17. The molecule has 3 aromatic carbocycles. The predicted octanol–water partition coefficient (Wildman–Crippen LogP) is 11.2. The van der Waals surface area contributed by atoms with E-state index in [-0.39, 0.29) is 42.4 Å². The van der Waals surface area contributed by atoms with Gasteiger partial charge in [-0.05, 0) is 0 Å². The Bertz CT molecular complexity index is 1440. The number of aryl methyl sites for hydroxylation is 2. The van der Waals surface area contributed by atoms with E-state index in [1.165, 1.54) is 0 Å². The van der Waals surface area contributed by atoms with Gasteiger partial charge < -0.3 is 0 Å². The molecule has 3 aromatic rings. The molecule has 2 heterocycles. The first kappa shape index (κ1) is 29.0. The van der Waals surface area contributed by atoms with Crippen LogP contribution in [0.25, 0.3) is 0 Å². The SMILES string of the molecule is Cc1cc2c(c(C(C)(C)C)c1)OP1(C)(Oc3c(cc(C)cc3C(C)(C)C)C2)Oc2c(Cl)c(Cl)c(Cl)c(Cl)c2O1. The number of fused-ring (bicyclic) bond motifs is 3. The third-order valence-electron chi connectivity index (χ3n) is 6.98. The topological polar surface area (TPSA) is 36.9 Å². The molecule has 0 atom stereocenters. The van der Waals surface area contributed by atoms with E-state index in [0.717, 1.165) is 33.4 Å². The van der Waals surface area contributed by atoms with E-state index in [1.807, 2.05) is 0 Å². The van der Waals surface area contributed by atoms with Crippen LogP contribution >= 0.6 is 53.9 Å². The van der Waals surface area contributed by atoms with Gasteiger partial charge in [-0.2, -0.15) is 0 Å². The standard InChI is InChI=1S/C30H33Cl4O4P/c1-15-10-17-14-18-11-16(2)13-20(30(6,7)8)26(18)36-39(9,35-25(17)19(12-15)29(3,4)5)37-27-23(33)21(31)22(32)24(34)28(27)38-39/h10-13H,14H2,1-9H3. The van der Waals surface area contributed by atoms with E-state index in [4.69, 9.17) is 64.5 Å². The van der Waals surface area contributed by atoms with Crippen LogP contribution in [0.2, 0.25) is 20.1 Å². The van der Waals surface area contributed by atoms with Crippen LogP contribution in [0.4, 0.5) is 0 Å². The summed E-state index contributed by atoms with van der Waals surface area (Å²) in [5.41, 5.74) is 5.81. The van der Waals surface area contributed by atoms with Crippen molar-refractivity contribution < 1.29 is 18.1 Å². The predicted molar refractivity (Wildman–Crippen MR) is 164 cm³/mol. The zero-order valence-electron chi connectivity index (χ0n) is 23.6. The van der Waals surface area contributed by atoms with Gasteiger partial charge in [0.05, 0.1) is 0 Å². The molecule has 0 N–H and O–H groups in total. The molecule has 0 fully saturated rings. The van der Waals surface area contributed by atoms with Gasteiger partial charge in [0.25, 0.3) is 0 Å². The summed E-state index contributed by atoms with van der Waals surface area (Å²) in [5, 5.41) is 0.308. The minimum absolute atomic E-state index is 0.0718. The van der Waals surface area contributed by atoms with Gasteiger partial charge in [0.1, 0.15) is 0 Å².